The maximum atomic E-state index is 10.6. The summed E-state index contributed by atoms with van der Waals surface area (Å²) in [6, 6.07) is 0. The maximum Gasteiger partial charge on any atom is 0.358 e. The van der Waals surface area contributed by atoms with Gasteiger partial charge in [-0.1, -0.05) is 5.21 Å². The monoisotopic (exact) mass is 200 g/mol. The zero-order valence-corrected chi connectivity index (χ0v) is 7.55. The molecule has 0 spiro atoms. The maximum absolute atomic E-state index is 10.6. The molecular formula is C7H12N4O3. The minimum absolute atomic E-state index is 0.0201. The molecule has 0 aromatic carbocycles. The number of nitrogens with two attached hydrogens (primary N) is 1. The quantitative estimate of drug-likeness (QED) is 0.551. The summed E-state index contributed by atoms with van der Waals surface area (Å²) < 4.78 is 1.40. The van der Waals surface area contributed by atoms with E-state index >= 15 is 0 Å². The average Bonchev–Trinajstić information content (AvgIpc) is 2.57. The van der Waals surface area contributed by atoms with Crippen molar-refractivity contribution in [2.75, 3.05) is 6.61 Å². The molecule has 0 aliphatic heterocycles. The van der Waals surface area contributed by atoms with Crippen LogP contribution in [0.3, 0.4) is 0 Å². The van der Waals surface area contributed by atoms with Crippen LogP contribution >= 0.6 is 0 Å². The number of carboxylic acids is 1. The molecule has 0 atom stereocenters. The van der Waals surface area contributed by atoms with Gasteiger partial charge < -0.3 is 15.9 Å². The first-order valence-electron chi connectivity index (χ1n) is 4.17. The molecule has 78 valence electrons. The second kappa shape index (κ2) is 4.68. The van der Waals surface area contributed by atoms with Crippen LogP contribution in [0.2, 0.25) is 0 Å². The number of aryl methyl sites for hydroxylation is 1. The summed E-state index contributed by atoms with van der Waals surface area (Å²) in [6.45, 7) is 0.510. The molecule has 7 nitrogen and oxygen atoms in total. The van der Waals surface area contributed by atoms with Gasteiger partial charge in [0.05, 0.1) is 5.69 Å². The second-order valence-electron chi connectivity index (χ2n) is 2.69. The highest BCUT2D eigenvalue weighted by molar-refractivity contribution is 5.86. The van der Waals surface area contributed by atoms with Crippen LogP contribution in [0.5, 0.6) is 0 Å². The normalized spacial score (nSPS) is 10.4. The molecule has 0 amide bonds. The Morgan fingerprint density at radius 2 is 2.29 bits per heavy atom. The minimum atomic E-state index is -1.14. The van der Waals surface area contributed by atoms with E-state index in [2.05, 4.69) is 10.3 Å². The van der Waals surface area contributed by atoms with Gasteiger partial charge in [-0.05, 0) is 6.42 Å². The highest BCUT2D eigenvalue weighted by Crippen LogP contribution is 2.05. The molecule has 4 N–H and O–H groups in total. The molecule has 1 heterocycles. The number of aromatic nitrogens is 3. The molecule has 1 aromatic rings. The van der Waals surface area contributed by atoms with Crippen molar-refractivity contribution < 1.29 is 15.0 Å². The molecule has 0 saturated carbocycles. The van der Waals surface area contributed by atoms with Crippen molar-refractivity contribution >= 4 is 5.97 Å². The Hall–Kier alpha value is -1.47. The first-order chi connectivity index (χ1) is 6.70. The number of aromatic carboxylic acids is 1. The SMILES string of the molecule is NCc1c(C(=O)O)nnn1CCCO. The summed E-state index contributed by atoms with van der Waals surface area (Å²) in [7, 11) is 0. The van der Waals surface area contributed by atoms with Gasteiger partial charge in [0.1, 0.15) is 0 Å². The van der Waals surface area contributed by atoms with E-state index < -0.39 is 5.97 Å². The number of aliphatic hydroxyl groups is 1. The number of aliphatic hydroxyl groups excluding tert-OH is 1. The fourth-order valence-electron chi connectivity index (χ4n) is 1.10. The smallest absolute Gasteiger partial charge is 0.358 e. The highest BCUT2D eigenvalue weighted by atomic mass is 16.4. The van der Waals surface area contributed by atoms with Gasteiger partial charge in [-0.15, -0.1) is 5.10 Å². The Kier molecular flexibility index (Phi) is 3.55. The molecule has 1 rings (SSSR count). The van der Waals surface area contributed by atoms with Gasteiger partial charge in [-0.25, -0.2) is 9.48 Å². The van der Waals surface area contributed by atoms with Crippen LogP contribution in [-0.2, 0) is 13.1 Å². The summed E-state index contributed by atoms with van der Waals surface area (Å²) in [6.07, 6.45) is 0.495. The van der Waals surface area contributed by atoms with E-state index in [1.807, 2.05) is 0 Å². The molecule has 0 saturated heterocycles. The fourth-order valence-corrected chi connectivity index (χ4v) is 1.10. The standard InChI is InChI=1S/C7H12N4O3/c8-4-5-6(7(13)14)9-10-11(5)2-1-3-12/h12H,1-4,8H2,(H,13,14). The van der Waals surface area contributed by atoms with Crippen LogP contribution in [0, 0.1) is 0 Å². The van der Waals surface area contributed by atoms with E-state index in [9.17, 15) is 4.79 Å². The lowest BCUT2D eigenvalue weighted by Gasteiger charge is -2.02. The number of hydrogen-bond acceptors (Lipinski definition) is 5. The Morgan fingerprint density at radius 3 is 2.79 bits per heavy atom. The van der Waals surface area contributed by atoms with Crippen LogP contribution < -0.4 is 5.73 Å². The topological polar surface area (TPSA) is 114 Å². The number of hydrogen-bond donors (Lipinski definition) is 3. The summed E-state index contributed by atoms with van der Waals surface area (Å²) >= 11 is 0. The second-order valence-corrected chi connectivity index (χ2v) is 2.69. The zero-order chi connectivity index (χ0) is 10.6. The van der Waals surface area contributed by atoms with Crippen LogP contribution in [-0.4, -0.2) is 37.8 Å². The summed E-state index contributed by atoms with van der Waals surface area (Å²) in [5.41, 5.74) is 5.64. The molecule has 7 heteroatoms. The predicted molar refractivity (Wildman–Crippen MR) is 46.6 cm³/mol. The Morgan fingerprint density at radius 1 is 1.57 bits per heavy atom. The Labute approximate surface area is 80.1 Å². The summed E-state index contributed by atoms with van der Waals surface area (Å²) in [4.78, 5) is 10.6. The molecule has 0 radical (unpaired) electrons. The van der Waals surface area contributed by atoms with Crippen molar-refractivity contribution in [1.82, 2.24) is 15.0 Å². The van der Waals surface area contributed by atoms with Crippen LogP contribution in [0.15, 0.2) is 0 Å². The van der Waals surface area contributed by atoms with E-state index in [0.717, 1.165) is 0 Å². The summed E-state index contributed by atoms with van der Waals surface area (Å²) in [5, 5.41) is 24.4. The third kappa shape index (κ3) is 2.06. The fraction of sp³-hybridized carbons (Fsp3) is 0.571. The Bertz CT molecular complexity index is 323. The molecule has 0 aliphatic carbocycles. The Balaban J connectivity index is 2.89. The molecule has 1 aromatic heterocycles. The van der Waals surface area contributed by atoms with Crippen molar-refractivity contribution in [1.29, 1.82) is 0 Å². The first kappa shape index (κ1) is 10.6. The lowest BCUT2D eigenvalue weighted by Crippen LogP contribution is -2.13. The van der Waals surface area contributed by atoms with Crippen molar-refractivity contribution in [3.05, 3.63) is 11.4 Å². The van der Waals surface area contributed by atoms with Gasteiger partial charge in [-0.2, -0.15) is 0 Å². The van der Waals surface area contributed by atoms with Crippen molar-refractivity contribution in [2.45, 2.75) is 19.5 Å². The van der Waals surface area contributed by atoms with Crippen molar-refractivity contribution in [3.8, 4) is 0 Å². The summed E-state index contributed by atoms with van der Waals surface area (Å²) in [5.74, 6) is -1.14. The van der Waals surface area contributed by atoms with Crippen molar-refractivity contribution in [2.24, 2.45) is 5.73 Å². The van der Waals surface area contributed by atoms with E-state index in [4.69, 9.17) is 15.9 Å². The number of carbonyl (C=O) groups is 1. The molecule has 0 bridgehead atoms. The van der Waals surface area contributed by atoms with Gasteiger partial charge in [0.2, 0.25) is 0 Å². The molecule has 0 fully saturated rings. The molecular weight excluding hydrogens is 188 g/mol. The van der Waals surface area contributed by atoms with Gasteiger partial charge in [0.15, 0.2) is 5.69 Å². The zero-order valence-electron chi connectivity index (χ0n) is 7.55. The van der Waals surface area contributed by atoms with Gasteiger partial charge >= 0.3 is 5.97 Å². The first-order valence-corrected chi connectivity index (χ1v) is 4.17. The van der Waals surface area contributed by atoms with E-state index in [1.165, 1.54) is 4.68 Å². The van der Waals surface area contributed by atoms with Gasteiger partial charge in [0, 0.05) is 19.7 Å². The van der Waals surface area contributed by atoms with E-state index in [1.54, 1.807) is 0 Å². The lowest BCUT2D eigenvalue weighted by molar-refractivity contribution is 0.0689. The third-order valence-electron chi connectivity index (χ3n) is 1.76. The van der Waals surface area contributed by atoms with Gasteiger partial charge in [0.25, 0.3) is 0 Å². The van der Waals surface area contributed by atoms with Crippen LogP contribution in [0.25, 0.3) is 0 Å². The largest absolute Gasteiger partial charge is 0.476 e. The molecule has 14 heavy (non-hydrogen) atoms. The van der Waals surface area contributed by atoms with Gasteiger partial charge in [-0.3, -0.25) is 0 Å². The predicted octanol–water partition coefficient (Wildman–Crippen LogP) is -1.18. The number of nitrogens with zero attached hydrogens (tertiary/aromatic N) is 3. The third-order valence-corrected chi connectivity index (χ3v) is 1.76. The minimum Gasteiger partial charge on any atom is -0.476 e. The van der Waals surface area contributed by atoms with E-state index in [-0.39, 0.29) is 18.8 Å². The highest BCUT2D eigenvalue weighted by Gasteiger charge is 2.16. The van der Waals surface area contributed by atoms with Crippen LogP contribution in [0.4, 0.5) is 0 Å². The van der Waals surface area contributed by atoms with Crippen LogP contribution in [0.1, 0.15) is 22.6 Å². The number of rotatable bonds is 5. The molecule has 0 aliphatic rings. The number of carboxylic acid groups (broad SMARTS) is 1. The average molecular weight is 200 g/mol. The van der Waals surface area contributed by atoms with E-state index in [0.29, 0.717) is 18.7 Å². The van der Waals surface area contributed by atoms with Crippen molar-refractivity contribution in [3.63, 3.8) is 0 Å². The lowest BCUT2D eigenvalue weighted by atomic mass is 10.3. The molecule has 0 unspecified atom stereocenters.